The summed E-state index contributed by atoms with van der Waals surface area (Å²) in [5, 5.41) is 5.61. The number of hydrogen-bond donors (Lipinski definition) is 2. The van der Waals surface area contributed by atoms with Gasteiger partial charge in [0.1, 0.15) is 0 Å². The largest absolute Gasteiger partial charge is 0.353 e. The zero-order chi connectivity index (χ0) is 22.2. The average molecular weight is 440 g/mol. The first-order chi connectivity index (χ1) is 14.9. The highest BCUT2D eigenvalue weighted by Crippen LogP contribution is 2.24. The molecule has 6 nitrogen and oxygen atoms in total. The van der Waals surface area contributed by atoms with Crippen LogP contribution in [0.25, 0.3) is 0 Å². The third-order valence-electron chi connectivity index (χ3n) is 5.13. The summed E-state index contributed by atoms with van der Waals surface area (Å²) in [7, 11) is 0. The van der Waals surface area contributed by atoms with Gasteiger partial charge >= 0.3 is 0 Å². The van der Waals surface area contributed by atoms with E-state index in [2.05, 4.69) is 36.6 Å². The molecule has 1 aliphatic rings. The number of carbonyl (C=O) groups is 3. The van der Waals surface area contributed by atoms with Gasteiger partial charge in [0, 0.05) is 31.0 Å². The number of amides is 3. The van der Waals surface area contributed by atoms with Gasteiger partial charge in [-0.2, -0.15) is 0 Å². The van der Waals surface area contributed by atoms with E-state index in [9.17, 15) is 14.4 Å². The monoisotopic (exact) mass is 439 g/mol. The van der Waals surface area contributed by atoms with E-state index in [1.54, 1.807) is 28.8 Å². The number of nitrogens with zero attached hydrogens (tertiary/aromatic N) is 1. The normalized spacial score (nSPS) is 14.8. The van der Waals surface area contributed by atoms with Gasteiger partial charge in [-0.1, -0.05) is 56.3 Å². The average Bonchev–Trinajstić information content (AvgIpc) is 2.78. The molecule has 1 saturated heterocycles. The zero-order valence-corrected chi connectivity index (χ0v) is 18.8. The third kappa shape index (κ3) is 6.59. The molecule has 2 aromatic carbocycles. The first-order valence-corrected chi connectivity index (χ1v) is 11.6. The fourth-order valence-corrected chi connectivity index (χ4v) is 4.56. The summed E-state index contributed by atoms with van der Waals surface area (Å²) in [6.07, 6.45) is 0. The Kier molecular flexibility index (Phi) is 8.12. The van der Waals surface area contributed by atoms with Gasteiger partial charge in [-0.15, -0.1) is 11.8 Å². The molecule has 1 aliphatic heterocycles. The number of piperazine rings is 1. The molecule has 2 aromatic rings. The van der Waals surface area contributed by atoms with Crippen LogP contribution < -0.4 is 10.6 Å². The summed E-state index contributed by atoms with van der Waals surface area (Å²) in [6, 6.07) is 17.3. The van der Waals surface area contributed by atoms with E-state index in [0.717, 1.165) is 11.3 Å². The minimum Gasteiger partial charge on any atom is -0.353 e. The van der Waals surface area contributed by atoms with E-state index in [1.807, 2.05) is 30.3 Å². The van der Waals surface area contributed by atoms with Crippen molar-refractivity contribution in [1.29, 1.82) is 0 Å². The van der Waals surface area contributed by atoms with Crippen molar-refractivity contribution in [2.24, 2.45) is 5.92 Å². The van der Waals surface area contributed by atoms with Crippen LogP contribution in [0.1, 0.15) is 35.3 Å². The van der Waals surface area contributed by atoms with Crippen molar-refractivity contribution in [3.63, 3.8) is 0 Å². The molecule has 1 atom stereocenters. The lowest BCUT2D eigenvalue weighted by atomic mass is 10.1. The predicted octanol–water partition coefficient (Wildman–Crippen LogP) is 2.83. The maximum absolute atomic E-state index is 12.8. The SMILES string of the molecule is CC(C)C(SCc1ccccc1)C(=O)NCc1ccc(C(=O)N2CCNC(=O)C2)cc1. The summed E-state index contributed by atoms with van der Waals surface area (Å²) in [5.41, 5.74) is 2.68. The number of benzene rings is 2. The topological polar surface area (TPSA) is 78.5 Å². The summed E-state index contributed by atoms with van der Waals surface area (Å²) in [4.78, 5) is 38.4. The Labute approximate surface area is 187 Å². The molecule has 3 rings (SSSR count). The van der Waals surface area contributed by atoms with Gasteiger partial charge in [-0.25, -0.2) is 0 Å². The van der Waals surface area contributed by atoms with Gasteiger partial charge in [-0.3, -0.25) is 14.4 Å². The highest BCUT2D eigenvalue weighted by atomic mass is 32.2. The Hall–Kier alpha value is -2.80. The van der Waals surface area contributed by atoms with Crippen LogP contribution in [0.4, 0.5) is 0 Å². The maximum Gasteiger partial charge on any atom is 0.254 e. The van der Waals surface area contributed by atoms with Crippen molar-refractivity contribution < 1.29 is 14.4 Å². The number of hydrogen-bond acceptors (Lipinski definition) is 4. The molecule has 1 fully saturated rings. The molecular weight excluding hydrogens is 410 g/mol. The maximum atomic E-state index is 12.8. The number of carbonyl (C=O) groups excluding carboxylic acids is 3. The van der Waals surface area contributed by atoms with E-state index < -0.39 is 0 Å². The van der Waals surface area contributed by atoms with Gasteiger partial charge in [0.2, 0.25) is 11.8 Å². The molecule has 0 aromatic heterocycles. The van der Waals surface area contributed by atoms with Crippen molar-refractivity contribution in [2.75, 3.05) is 19.6 Å². The Morgan fingerprint density at radius 2 is 1.77 bits per heavy atom. The van der Waals surface area contributed by atoms with E-state index in [0.29, 0.717) is 25.2 Å². The number of nitrogens with one attached hydrogen (secondary N) is 2. The highest BCUT2D eigenvalue weighted by molar-refractivity contribution is 7.99. The molecule has 1 unspecified atom stereocenters. The summed E-state index contributed by atoms with van der Waals surface area (Å²) < 4.78 is 0. The molecule has 0 spiro atoms. The van der Waals surface area contributed by atoms with Crippen LogP contribution in [0.15, 0.2) is 54.6 Å². The Balaban J connectivity index is 1.52. The lowest BCUT2D eigenvalue weighted by Gasteiger charge is -2.26. The standard InChI is InChI=1S/C24H29N3O3S/c1-17(2)22(31-16-19-6-4-3-5-7-19)23(29)26-14-18-8-10-20(11-9-18)24(30)27-13-12-25-21(28)15-27/h3-11,17,22H,12-16H2,1-2H3,(H,25,28)(H,26,29). The van der Waals surface area contributed by atoms with Crippen LogP contribution in [0, 0.1) is 5.92 Å². The zero-order valence-electron chi connectivity index (χ0n) is 18.0. The Bertz CT molecular complexity index is 900. The minimum absolute atomic E-state index is 0.0235. The summed E-state index contributed by atoms with van der Waals surface area (Å²) in [6.45, 7) is 5.61. The van der Waals surface area contributed by atoms with Gasteiger partial charge in [0.05, 0.1) is 11.8 Å². The second-order valence-electron chi connectivity index (χ2n) is 7.95. The Morgan fingerprint density at radius 1 is 1.06 bits per heavy atom. The Morgan fingerprint density at radius 3 is 2.42 bits per heavy atom. The second-order valence-corrected chi connectivity index (χ2v) is 9.08. The quantitative estimate of drug-likeness (QED) is 0.663. The first kappa shape index (κ1) is 22.9. The number of rotatable bonds is 8. The molecule has 1 heterocycles. The van der Waals surface area contributed by atoms with Crippen LogP contribution in [0.3, 0.4) is 0 Å². The van der Waals surface area contributed by atoms with Crippen molar-refractivity contribution in [2.45, 2.75) is 31.4 Å². The fourth-order valence-electron chi connectivity index (χ4n) is 3.38. The van der Waals surface area contributed by atoms with E-state index in [4.69, 9.17) is 0 Å². The highest BCUT2D eigenvalue weighted by Gasteiger charge is 2.23. The van der Waals surface area contributed by atoms with Crippen LogP contribution in [0.2, 0.25) is 0 Å². The molecule has 0 aliphatic carbocycles. The van der Waals surface area contributed by atoms with Crippen LogP contribution >= 0.6 is 11.8 Å². The lowest BCUT2D eigenvalue weighted by Crippen LogP contribution is -2.49. The van der Waals surface area contributed by atoms with Crippen molar-refractivity contribution in [3.8, 4) is 0 Å². The molecule has 2 N–H and O–H groups in total. The predicted molar refractivity (Wildman–Crippen MR) is 124 cm³/mol. The van der Waals surface area contributed by atoms with Gasteiger partial charge in [-0.05, 0) is 29.2 Å². The molecule has 3 amide bonds. The van der Waals surface area contributed by atoms with E-state index >= 15 is 0 Å². The van der Waals surface area contributed by atoms with Gasteiger partial charge < -0.3 is 15.5 Å². The minimum atomic E-state index is -0.150. The van der Waals surface area contributed by atoms with Gasteiger partial charge in [0.15, 0.2) is 0 Å². The van der Waals surface area contributed by atoms with Crippen LogP contribution in [-0.2, 0) is 21.9 Å². The van der Waals surface area contributed by atoms with Crippen LogP contribution in [0.5, 0.6) is 0 Å². The van der Waals surface area contributed by atoms with E-state index in [1.165, 1.54) is 5.56 Å². The van der Waals surface area contributed by atoms with E-state index in [-0.39, 0.29) is 35.4 Å². The molecular formula is C24H29N3O3S. The van der Waals surface area contributed by atoms with Crippen LogP contribution in [-0.4, -0.2) is 47.5 Å². The lowest BCUT2D eigenvalue weighted by molar-refractivity contribution is -0.123. The summed E-state index contributed by atoms with van der Waals surface area (Å²) in [5.74, 6) is 0.750. The van der Waals surface area contributed by atoms with Crippen molar-refractivity contribution in [3.05, 3.63) is 71.3 Å². The van der Waals surface area contributed by atoms with Crippen molar-refractivity contribution in [1.82, 2.24) is 15.5 Å². The smallest absolute Gasteiger partial charge is 0.254 e. The van der Waals surface area contributed by atoms with Gasteiger partial charge in [0.25, 0.3) is 5.91 Å². The van der Waals surface area contributed by atoms with Crippen molar-refractivity contribution >= 4 is 29.5 Å². The fraction of sp³-hybridized carbons (Fsp3) is 0.375. The molecule has 0 bridgehead atoms. The molecule has 164 valence electrons. The first-order valence-electron chi connectivity index (χ1n) is 10.5. The third-order valence-corrected chi connectivity index (χ3v) is 6.75. The molecule has 0 radical (unpaired) electrons. The molecule has 7 heteroatoms. The molecule has 0 saturated carbocycles. The second kappa shape index (κ2) is 11.0. The number of thioether (sulfide) groups is 1. The summed E-state index contributed by atoms with van der Waals surface area (Å²) >= 11 is 1.65. The molecule has 31 heavy (non-hydrogen) atoms.